The number of hydrogen-bond donors (Lipinski definition) is 1. The van der Waals surface area contributed by atoms with Gasteiger partial charge in [0, 0.05) is 0 Å². The Morgan fingerprint density at radius 1 is 1.00 bits per heavy atom. The second-order valence-electron chi connectivity index (χ2n) is 6.34. The molecule has 0 bridgehead atoms. The number of nitrogens with zero attached hydrogens (tertiary/aromatic N) is 2. The van der Waals surface area contributed by atoms with E-state index in [1.54, 1.807) is 0 Å². The lowest BCUT2D eigenvalue weighted by Gasteiger charge is -2.16. The zero-order chi connectivity index (χ0) is 18.0. The minimum Gasteiger partial charge on any atom is -0.345 e. The van der Waals surface area contributed by atoms with E-state index in [-0.39, 0.29) is 11.9 Å². The van der Waals surface area contributed by atoms with Gasteiger partial charge in [-0.1, -0.05) is 42.5 Å². The average Bonchev–Trinajstić information content (AvgIpc) is 2.90. The molecule has 1 aromatic heterocycles. The highest BCUT2D eigenvalue weighted by Crippen LogP contribution is 2.21. The molecule has 3 rings (SSSR count). The van der Waals surface area contributed by atoms with Crippen LogP contribution in [0.4, 0.5) is 0 Å². The van der Waals surface area contributed by atoms with E-state index in [0.717, 1.165) is 22.6 Å². The Labute approximate surface area is 148 Å². The van der Waals surface area contributed by atoms with Crippen LogP contribution >= 0.6 is 0 Å². The van der Waals surface area contributed by atoms with Crippen LogP contribution in [-0.2, 0) is 0 Å². The van der Waals surface area contributed by atoms with E-state index in [4.69, 9.17) is 0 Å². The molecule has 0 aliphatic carbocycles. The number of aryl methyl sites for hydroxylation is 2. The molecule has 1 N–H and O–H groups in total. The second-order valence-corrected chi connectivity index (χ2v) is 6.34. The van der Waals surface area contributed by atoms with Crippen LogP contribution in [0.25, 0.3) is 5.69 Å². The maximum Gasteiger partial charge on any atom is 0.255 e. The van der Waals surface area contributed by atoms with Crippen molar-refractivity contribution in [3.63, 3.8) is 0 Å². The van der Waals surface area contributed by atoms with Crippen LogP contribution in [0.5, 0.6) is 0 Å². The van der Waals surface area contributed by atoms with Crippen molar-refractivity contribution in [2.45, 2.75) is 33.7 Å². The fourth-order valence-electron chi connectivity index (χ4n) is 3.21. The molecule has 0 spiro atoms. The maximum atomic E-state index is 12.9. The number of para-hydroxylation sites is 1. The summed E-state index contributed by atoms with van der Waals surface area (Å²) in [7, 11) is 0. The summed E-state index contributed by atoms with van der Waals surface area (Å²) in [6, 6.07) is 17.9. The Balaban J connectivity index is 1.88. The third-order valence-electron chi connectivity index (χ3n) is 4.52. The molecule has 0 aliphatic rings. The zero-order valence-electron chi connectivity index (χ0n) is 15.1. The number of aromatic nitrogens is 2. The Bertz CT molecular complexity index is 897. The van der Waals surface area contributed by atoms with E-state index < -0.39 is 0 Å². The van der Waals surface area contributed by atoms with Crippen molar-refractivity contribution in [2.75, 3.05) is 0 Å². The Morgan fingerprint density at radius 3 is 2.32 bits per heavy atom. The largest absolute Gasteiger partial charge is 0.345 e. The smallest absolute Gasteiger partial charge is 0.255 e. The van der Waals surface area contributed by atoms with Gasteiger partial charge in [0.15, 0.2) is 0 Å². The molecule has 4 nitrogen and oxygen atoms in total. The van der Waals surface area contributed by atoms with Gasteiger partial charge in [0.1, 0.15) is 0 Å². The normalized spacial score (nSPS) is 12.0. The van der Waals surface area contributed by atoms with Crippen molar-refractivity contribution < 1.29 is 4.79 Å². The molecule has 2 aromatic carbocycles. The number of hydrogen-bond acceptors (Lipinski definition) is 2. The SMILES string of the molecule is Cc1ccccc1[C@@H](C)NC(=O)c1c(C)nn(-c2ccccc2)c1C. The van der Waals surface area contributed by atoms with Crippen LogP contribution in [0, 0.1) is 20.8 Å². The molecule has 0 radical (unpaired) electrons. The monoisotopic (exact) mass is 333 g/mol. The van der Waals surface area contributed by atoms with Crippen molar-refractivity contribution in [3.05, 3.63) is 82.7 Å². The summed E-state index contributed by atoms with van der Waals surface area (Å²) in [6.45, 7) is 7.87. The summed E-state index contributed by atoms with van der Waals surface area (Å²) >= 11 is 0. The standard InChI is InChI=1S/C21H23N3O/c1-14-10-8-9-13-19(14)15(2)22-21(25)20-16(3)23-24(17(20)4)18-11-6-5-7-12-18/h5-13,15H,1-4H3,(H,22,25)/t15-/m1/s1. The van der Waals surface area contributed by atoms with Crippen molar-refractivity contribution in [2.24, 2.45) is 0 Å². The highest BCUT2D eigenvalue weighted by atomic mass is 16.1. The van der Waals surface area contributed by atoms with E-state index >= 15 is 0 Å². The molecule has 0 saturated carbocycles. The van der Waals surface area contributed by atoms with Gasteiger partial charge in [-0.15, -0.1) is 0 Å². The van der Waals surface area contributed by atoms with Crippen molar-refractivity contribution in [3.8, 4) is 5.69 Å². The number of rotatable bonds is 4. The Morgan fingerprint density at radius 2 is 1.64 bits per heavy atom. The lowest BCUT2D eigenvalue weighted by Crippen LogP contribution is -2.28. The van der Waals surface area contributed by atoms with Crippen LogP contribution in [0.15, 0.2) is 54.6 Å². The summed E-state index contributed by atoms with van der Waals surface area (Å²) in [5.74, 6) is -0.0899. The first-order valence-corrected chi connectivity index (χ1v) is 8.47. The fraction of sp³-hybridized carbons (Fsp3) is 0.238. The van der Waals surface area contributed by atoms with E-state index in [0.29, 0.717) is 5.56 Å². The van der Waals surface area contributed by atoms with Crippen LogP contribution in [-0.4, -0.2) is 15.7 Å². The number of carbonyl (C=O) groups is 1. The van der Waals surface area contributed by atoms with Crippen LogP contribution in [0.3, 0.4) is 0 Å². The zero-order valence-corrected chi connectivity index (χ0v) is 15.1. The average molecular weight is 333 g/mol. The van der Waals surface area contributed by atoms with E-state index in [9.17, 15) is 4.79 Å². The first-order valence-electron chi connectivity index (χ1n) is 8.47. The summed E-state index contributed by atoms with van der Waals surface area (Å²) in [5.41, 5.74) is 5.47. The second kappa shape index (κ2) is 6.93. The lowest BCUT2D eigenvalue weighted by molar-refractivity contribution is 0.0938. The number of benzene rings is 2. The van der Waals surface area contributed by atoms with Crippen molar-refractivity contribution >= 4 is 5.91 Å². The fourth-order valence-corrected chi connectivity index (χ4v) is 3.21. The molecule has 4 heteroatoms. The Kier molecular flexibility index (Phi) is 4.70. The number of carbonyl (C=O) groups excluding carboxylic acids is 1. The predicted octanol–water partition coefficient (Wildman–Crippen LogP) is 4.29. The molecule has 0 aliphatic heterocycles. The minimum absolute atomic E-state index is 0.0624. The molecular weight excluding hydrogens is 310 g/mol. The van der Waals surface area contributed by atoms with Crippen molar-refractivity contribution in [1.29, 1.82) is 0 Å². The van der Waals surface area contributed by atoms with Gasteiger partial charge in [-0.25, -0.2) is 4.68 Å². The Hall–Kier alpha value is -2.88. The van der Waals surface area contributed by atoms with Crippen LogP contribution in [0.2, 0.25) is 0 Å². The highest BCUT2D eigenvalue weighted by molar-refractivity contribution is 5.96. The van der Waals surface area contributed by atoms with Gasteiger partial charge in [-0.3, -0.25) is 4.79 Å². The van der Waals surface area contributed by atoms with Gasteiger partial charge in [-0.05, 0) is 51.0 Å². The molecule has 0 unspecified atom stereocenters. The summed E-state index contributed by atoms with van der Waals surface area (Å²) in [6.07, 6.45) is 0. The third-order valence-corrected chi connectivity index (χ3v) is 4.52. The quantitative estimate of drug-likeness (QED) is 0.774. The van der Waals surface area contributed by atoms with E-state index in [2.05, 4.69) is 23.4 Å². The van der Waals surface area contributed by atoms with Crippen molar-refractivity contribution in [1.82, 2.24) is 15.1 Å². The van der Waals surface area contributed by atoms with E-state index in [1.165, 1.54) is 5.56 Å². The first kappa shape index (κ1) is 17.0. The van der Waals surface area contributed by atoms with Gasteiger partial charge in [0.2, 0.25) is 0 Å². The molecule has 1 atom stereocenters. The van der Waals surface area contributed by atoms with E-state index in [1.807, 2.05) is 74.0 Å². The lowest BCUT2D eigenvalue weighted by atomic mass is 10.0. The molecule has 1 amide bonds. The topological polar surface area (TPSA) is 46.9 Å². The van der Waals surface area contributed by atoms with Gasteiger partial charge in [-0.2, -0.15) is 5.10 Å². The molecule has 3 aromatic rings. The predicted molar refractivity (Wildman–Crippen MR) is 100 cm³/mol. The molecular formula is C21H23N3O. The highest BCUT2D eigenvalue weighted by Gasteiger charge is 2.21. The molecule has 0 fully saturated rings. The first-order chi connectivity index (χ1) is 12.0. The molecule has 0 saturated heterocycles. The van der Waals surface area contributed by atoms with Crippen LogP contribution < -0.4 is 5.32 Å². The molecule has 1 heterocycles. The van der Waals surface area contributed by atoms with Gasteiger partial charge in [0.05, 0.1) is 28.7 Å². The number of amides is 1. The molecule has 128 valence electrons. The number of nitrogens with one attached hydrogen (secondary N) is 1. The minimum atomic E-state index is -0.0899. The summed E-state index contributed by atoms with van der Waals surface area (Å²) in [4.78, 5) is 12.9. The summed E-state index contributed by atoms with van der Waals surface area (Å²) < 4.78 is 1.82. The van der Waals surface area contributed by atoms with Crippen LogP contribution in [0.1, 0.15) is 45.8 Å². The van der Waals surface area contributed by atoms with Gasteiger partial charge >= 0.3 is 0 Å². The molecule has 25 heavy (non-hydrogen) atoms. The summed E-state index contributed by atoms with van der Waals surface area (Å²) in [5, 5.41) is 7.66. The van der Waals surface area contributed by atoms with Gasteiger partial charge in [0.25, 0.3) is 5.91 Å². The van der Waals surface area contributed by atoms with Gasteiger partial charge < -0.3 is 5.32 Å². The third kappa shape index (κ3) is 3.33. The maximum absolute atomic E-state index is 12.9.